The summed E-state index contributed by atoms with van der Waals surface area (Å²) >= 11 is 3.02. The van der Waals surface area contributed by atoms with Crippen molar-refractivity contribution in [3.8, 4) is 0 Å². The number of amides is 1. The number of benzene rings is 1. The zero-order chi connectivity index (χ0) is 13.9. The first kappa shape index (κ1) is 13.4. The molecule has 0 aromatic heterocycles. The second-order valence-corrected chi connectivity index (χ2v) is 5.71. The summed E-state index contributed by atoms with van der Waals surface area (Å²) in [7, 11) is 1.51. The van der Waals surface area contributed by atoms with E-state index < -0.39 is 17.3 Å². The minimum atomic E-state index is -4.48. The smallest absolute Gasteiger partial charge is 0.332 e. The summed E-state index contributed by atoms with van der Waals surface area (Å²) < 4.78 is 39.5. The van der Waals surface area contributed by atoms with E-state index in [1.54, 1.807) is 13.8 Å². The Labute approximate surface area is 111 Å². The standard InChI is InChI=1S/C12H11BrF3NO/c1-11(2)9-7(10(18)17(11)3)4-6(13)5-8(9)12(14,15)16/h4-5H,1-3H3. The molecule has 0 N–H and O–H groups in total. The maximum Gasteiger partial charge on any atom is 0.416 e. The van der Waals surface area contributed by atoms with E-state index in [1.165, 1.54) is 18.0 Å². The molecule has 1 heterocycles. The second kappa shape index (κ2) is 3.73. The maximum atomic E-state index is 13.1. The number of alkyl halides is 3. The van der Waals surface area contributed by atoms with Crippen LogP contribution in [0.4, 0.5) is 13.2 Å². The van der Waals surface area contributed by atoms with Crippen LogP contribution >= 0.6 is 15.9 Å². The predicted molar refractivity (Wildman–Crippen MR) is 64.3 cm³/mol. The molecule has 1 aromatic carbocycles. The zero-order valence-electron chi connectivity index (χ0n) is 10.0. The third kappa shape index (κ3) is 1.74. The van der Waals surface area contributed by atoms with Crippen LogP contribution in [0.1, 0.15) is 35.3 Å². The Morgan fingerprint density at radius 3 is 2.33 bits per heavy atom. The molecule has 2 rings (SSSR count). The van der Waals surface area contributed by atoms with Crippen molar-refractivity contribution in [3.05, 3.63) is 33.3 Å². The largest absolute Gasteiger partial charge is 0.416 e. The first-order valence-corrected chi connectivity index (χ1v) is 6.05. The Hall–Kier alpha value is -1.04. The number of hydrogen-bond acceptors (Lipinski definition) is 1. The van der Waals surface area contributed by atoms with Crippen LogP contribution in [0.25, 0.3) is 0 Å². The van der Waals surface area contributed by atoms with Crippen LogP contribution in [0.2, 0.25) is 0 Å². The monoisotopic (exact) mass is 321 g/mol. The zero-order valence-corrected chi connectivity index (χ0v) is 11.6. The van der Waals surface area contributed by atoms with Crippen molar-refractivity contribution in [2.45, 2.75) is 25.6 Å². The first-order chi connectivity index (χ1) is 8.06. The quantitative estimate of drug-likeness (QED) is 0.712. The molecule has 0 bridgehead atoms. The van der Waals surface area contributed by atoms with Crippen LogP contribution in [0, 0.1) is 0 Å². The molecule has 0 saturated heterocycles. The average Bonchev–Trinajstić information content (AvgIpc) is 2.38. The Kier molecular flexibility index (Phi) is 2.77. The van der Waals surface area contributed by atoms with Crippen LogP contribution in [-0.4, -0.2) is 17.9 Å². The van der Waals surface area contributed by atoms with Gasteiger partial charge >= 0.3 is 6.18 Å². The second-order valence-electron chi connectivity index (χ2n) is 4.80. The van der Waals surface area contributed by atoms with E-state index in [0.717, 1.165) is 6.07 Å². The molecular weight excluding hydrogens is 311 g/mol. The van der Waals surface area contributed by atoms with Gasteiger partial charge < -0.3 is 4.90 Å². The first-order valence-electron chi connectivity index (χ1n) is 5.26. The molecule has 98 valence electrons. The highest BCUT2D eigenvalue weighted by Crippen LogP contribution is 2.46. The summed E-state index contributed by atoms with van der Waals surface area (Å²) in [5, 5.41) is 0. The highest BCUT2D eigenvalue weighted by molar-refractivity contribution is 9.10. The van der Waals surface area contributed by atoms with Gasteiger partial charge in [0.2, 0.25) is 0 Å². The van der Waals surface area contributed by atoms with Gasteiger partial charge in [-0.05, 0) is 26.0 Å². The van der Waals surface area contributed by atoms with Crippen molar-refractivity contribution < 1.29 is 18.0 Å². The molecular formula is C12H11BrF3NO. The summed E-state index contributed by atoms with van der Waals surface area (Å²) in [4.78, 5) is 13.3. The summed E-state index contributed by atoms with van der Waals surface area (Å²) in [6, 6.07) is 2.46. The molecule has 2 nitrogen and oxygen atoms in total. The molecule has 0 atom stereocenters. The van der Waals surface area contributed by atoms with Gasteiger partial charge in [-0.25, -0.2) is 0 Å². The van der Waals surface area contributed by atoms with Crippen molar-refractivity contribution >= 4 is 21.8 Å². The van der Waals surface area contributed by atoms with E-state index >= 15 is 0 Å². The number of rotatable bonds is 0. The Morgan fingerprint density at radius 1 is 1.28 bits per heavy atom. The van der Waals surface area contributed by atoms with E-state index in [1.807, 2.05) is 0 Å². The number of hydrogen-bond donors (Lipinski definition) is 0. The molecule has 18 heavy (non-hydrogen) atoms. The van der Waals surface area contributed by atoms with Gasteiger partial charge in [0.15, 0.2) is 0 Å². The Bertz CT molecular complexity index is 537. The van der Waals surface area contributed by atoms with Gasteiger partial charge in [0.1, 0.15) is 0 Å². The molecule has 0 aliphatic carbocycles. The minimum Gasteiger partial charge on any atom is -0.332 e. The van der Waals surface area contributed by atoms with Crippen molar-refractivity contribution in [1.29, 1.82) is 0 Å². The topological polar surface area (TPSA) is 20.3 Å². The van der Waals surface area contributed by atoms with Crippen molar-refractivity contribution in [3.63, 3.8) is 0 Å². The fraction of sp³-hybridized carbons (Fsp3) is 0.417. The van der Waals surface area contributed by atoms with Gasteiger partial charge in [0.05, 0.1) is 11.1 Å². The normalized spacial score (nSPS) is 18.2. The van der Waals surface area contributed by atoms with Crippen LogP contribution in [0.5, 0.6) is 0 Å². The number of carbonyl (C=O) groups excluding carboxylic acids is 1. The minimum absolute atomic E-state index is 0.0469. The molecule has 0 fully saturated rings. The summed E-state index contributed by atoms with van der Waals surface area (Å²) in [5.74, 6) is -0.387. The number of fused-ring (bicyclic) bond motifs is 1. The molecule has 1 aliphatic heterocycles. The van der Waals surface area contributed by atoms with E-state index in [2.05, 4.69) is 15.9 Å². The van der Waals surface area contributed by atoms with Gasteiger partial charge in [-0.1, -0.05) is 15.9 Å². The molecule has 0 spiro atoms. The van der Waals surface area contributed by atoms with Gasteiger partial charge in [0, 0.05) is 22.6 Å². The fourth-order valence-electron chi connectivity index (χ4n) is 2.26. The van der Waals surface area contributed by atoms with Crippen molar-refractivity contribution in [2.75, 3.05) is 7.05 Å². The molecule has 0 radical (unpaired) electrons. The van der Waals surface area contributed by atoms with E-state index in [-0.39, 0.29) is 21.5 Å². The molecule has 0 saturated carbocycles. The maximum absolute atomic E-state index is 13.1. The fourth-order valence-corrected chi connectivity index (χ4v) is 2.72. The third-order valence-electron chi connectivity index (χ3n) is 3.39. The molecule has 1 aliphatic rings. The predicted octanol–water partition coefficient (Wildman–Crippen LogP) is 3.79. The van der Waals surface area contributed by atoms with Crippen LogP contribution in [0.15, 0.2) is 16.6 Å². The summed E-state index contributed by atoms with van der Waals surface area (Å²) in [6.07, 6.45) is -4.48. The average molecular weight is 322 g/mol. The number of nitrogens with zero attached hydrogens (tertiary/aromatic N) is 1. The van der Waals surface area contributed by atoms with Gasteiger partial charge in [0.25, 0.3) is 5.91 Å². The number of halogens is 4. The molecule has 1 aromatic rings. The highest BCUT2D eigenvalue weighted by atomic mass is 79.9. The van der Waals surface area contributed by atoms with Gasteiger partial charge in [-0.3, -0.25) is 4.79 Å². The lowest BCUT2D eigenvalue weighted by Crippen LogP contribution is -2.36. The lowest BCUT2D eigenvalue weighted by Gasteiger charge is -2.30. The molecule has 1 amide bonds. The van der Waals surface area contributed by atoms with Gasteiger partial charge in [-0.2, -0.15) is 13.2 Å². The molecule has 6 heteroatoms. The Morgan fingerprint density at radius 2 is 1.83 bits per heavy atom. The van der Waals surface area contributed by atoms with Crippen LogP contribution < -0.4 is 0 Å². The SMILES string of the molecule is CN1C(=O)c2cc(Br)cc(C(F)(F)F)c2C1(C)C. The molecule has 0 unspecified atom stereocenters. The Balaban J connectivity index is 2.83. The summed E-state index contributed by atoms with van der Waals surface area (Å²) in [6.45, 7) is 3.22. The van der Waals surface area contributed by atoms with Crippen LogP contribution in [-0.2, 0) is 11.7 Å². The highest BCUT2D eigenvalue weighted by Gasteiger charge is 2.47. The van der Waals surface area contributed by atoms with Crippen molar-refractivity contribution in [2.24, 2.45) is 0 Å². The number of carbonyl (C=O) groups is 1. The lowest BCUT2D eigenvalue weighted by atomic mass is 9.89. The third-order valence-corrected chi connectivity index (χ3v) is 3.85. The summed E-state index contributed by atoms with van der Waals surface area (Å²) in [5.41, 5.74) is -1.55. The van der Waals surface area contributed by atoms with Crippen molar-refractivity contribution in [1.82, 2.24) is 4.90 Å². The van der Waals surface area contributed by atoms with E-state index in [0.29, 0.717) is 0 Å². The van der Waals surface area contributed by atoms with E-state index in [4.69, 9.17) is 0 Å². The van der Waals surface area contributed by atoms with Gasteiger partial charge in [-0.15, -0.1) is 0 Å². The lowest BCUT2D eigenvalue weighted by molar-refractivity contribution is -0.139. The van der Waals surface area contributed by atoms with Crippen LogP contribution in [0.3, 0.4) is 0 Å². The van der Waals surface area contributed by atoms with E-state index in [9.17, 15) is 18.0 Å².